The fourth-order valence-corrected chi connectivity index (χ4v) is 3.72. The molecule has 92 valence electrons. The van der Waals surface area contributed by atoms with Crippen LogP contribution in [0.4, 0.5) is 0 Å². The van der Waals surface area contributed by atoms with Crippen LogP contribution in [0.1, 0.15) is 23.7 Å². The van der Waals surface area contributed by atoms with Crippen LogP contribution >= 0.6 is 21.6 Å². The van der Waals surface area contributed by atoms with Crippen LogP contribution in [-0.2, 0) is 0 Å². The molecular formula is C15H14OS2. The second kappa shape index (κ2) is 6.66. The maximum absolute atomic E-state index is 11.8. The maximum atomic E-state index is 11.8. The van der Waals surface area contributed by atoms with Gasteiger partial charge in [0.1, 0.15) is 0 Å². The second-order valence-corrected chi connectivity index (χ2v) is 6.00. The first-order valence-corrected chi connectivity index (χ1v) is 7.98. The van der Waals surface area contributed by atoms with Crippen molar-refractivity contribution in [2.45, 2.75) is 23.1 Å². The molecule has 0 saturated heterocycles. The molecule has 0 atom stereocenters. The Morgan fingerprint density at radius 3 is 2.33 bits per heavy atom. The van der Waals surface area contributed by atoms with E-state index >= 15 is 0 Å². The molecule has 0 amide bonds. The average molecular weight is 274 g/mol. The van der Waals surface area contributed by atoms with Gasteiger partial charge in [-0.2, -0.15) is 0 Å². The van der Waals surface area contributed by atoms with Crippen molar-refractivity contribution in [2.24, 2.45) is 0 Å². The minimum absolute atomic E-state index is 0.201. The average Bonchev–Trinajstić information content (AvgIpc) is 2.45. The topological polar surface area (TPSA) is 17.1 Å². The van der Waals surface area contributed by atoms with E-state index in [0.29, 0.717) is 6.42 Å². The predicted molar refractivity (Wildman–Crippen MR) is 79.2 cm³/mol. The highest BCUT2D eigenvalue weighted by Crippen LogP contribution is 2.38. The standard InChI is InChI=1S/C15H14OS2/c1-2-14(16)13-10-6-7-11-15(13)18-17-12-8-4-3-5-9-12/h3-11H,2H2,1H3. The molecule has 0 aromatic heterocycles. The summed E-state index contributed by atoms with van der Waals surface area (Å²) in [4.78, 5) is 14.1. The van der Waals surface area contributed by atoms with Crippen molar-refractivity contribution in [1.29, 1.82) is 0 Å². The molecule has 0 spiro atoms. The van der Waals surface area contributed by atoms with Gasteiger partial charge in [0, 0.05) is 21.8 Å². The van der Waals surface area contributed by atoms with Crippen LogP contribution in [0, 0.1) is 0 Å². The smallest absolute Gasteiger partial charge is 0.163 e. The number of carbonyl (C=O) groups excluding carboxylic acids is 1. The normalized spacial score (nSPS) is 10.3. The number of benzene rings is 2. The molecule has 0 N–H and O–H groups in total. The Bertz CT molecular complexity index is 523. The van der Waals surface area contributed by atoms with Crippen LogP contribution in [0.15, 0.2) is 64.4 Å². The summed E-state index contributed by atoms with van der Waals surface area (Å²) in [6, 6.07) is 18.0. The third-order valence-corrected chi connectivity index (χ3v) is 4.93. The number of hydrogen-bond donors (Lipinski definition) is 0. The van der Waals surface area contributed by atoms with Gasteiger partial charge in [0.15, 0.2) is 5.78 Å². The molecule has 0 aliphatic heterocycles. The number of ketones is 1. The van der Waals surface area contributed by atoms with E-state index in [1.54, 1.807) is 21.6 Å². The van der Waals surface area contributed by atoms with E-state index in [9.17, 15) is 4.79 Å². The third-order valence-electron chi connectivity index (χ3n) is 2.48. The zero-order chi connectivity index (χ0) is 12.8. The van der Waals surface area contributed by atoms with Crippen molar-refractivity contribution < 1.29 is 4.79 Å². The van der Waals surface area contributed by atoms with E-state index in [2.05, 4.69) is 12.1 Å². The molecule has 1 nitrogen and oxygen atoms in total. The van der Waals surface area contributed by atoms with Crippen molar-refractivity contribution in [2.75, 3.05) is 0 Å². The van der Waals surface area contributed by atoms with Gasteiger partial charge in [0.05, 0.1) is 0 Å². The first-order chi connectivity index (χ1) is 8.81. The van der Waals surface area contributed by atoms with Crippen LogP contribution in [0.2, 0.25) is 0 Å². The van der Waals surface area contributed by atoms with Gasteiger partial charge in [-0.1, -0.05) is 64.9 Å². The Balaban J connectivity index is 2.12. The number of rotatable bonds is 5. The van der Waals surface area contributed by atoms with Crippen LogP contribution < -0.4 is 0 Å². The minimum Gasteiger partial charge on any atom is -0.294 e. The lowest BCUT2D eigenvalue weighted by Crippen LogP contribution is -1.97. The van der Waals surface area contributed by atoms with E-state index in [-0.39, 0.29) is 5.78 Å². The van der Waals surface area contributed by atoms with Crippen molar-refractivity contribution in [3.8, 4) is 0 Å². The summed E-state index contributed by atoms with van der Waals surface area (Å²) in [6.07, 6.45) is 0.549. The summed E-state index contributed by atoms with van der Waals surface area (Å²) >= 11 is 0. The van der Waals surface area contributed by atoms with Gasteiger partial charge in [-0.15, -0.1) is 0 Å². The van der Waals surface area contributed by atoms with E-state index in [0.717, 1.165) is 10.5 Å². The molecule has 3 heteroatoms. The Labute approximate surface area is 115 Å². The van der Waals surface area contributed by atoms with Gasteiger partial charge in [-0.05, 0) is 18.2 Å². The highest BCUT2D eigenvalue weighted by molar-refractivity contribution is 8.76. The lowest BCUT2D eigenvalue weighted by molar-refractivity contribution is 0.0985. The Kier molecular flexibility index (Phi) is 4.90. The molecule has 0 bridgehead atoms. The van der Waals surface area contributed by atoms with Crippen LogP contribution in [-0.4, -0.2) is 5.78 Å². The highest BCUT2D eigenvalue weighted by atomic mass is 33.1. The fourth-order valence-electron chi connectivity index (χ4n) is 1.53. The number of Topliss-reactive ketones (excluding diaryl/α,β-unsaturated/α-hetero) is 1. The summed E-state index contributed by atoms with van der Waals surface area (Å²) in [5.41, 5.74) is 0.827. The number of carbonyl (C=O) groups is 1. The molecule has 0 unspecified atom stereocenters. The molecule has 0 saturated carbocycles. The molecule has 2 rings (SSSR count). The molecule has 2 aromatic carbocycles. The van der Waals surface area contributed by atoms with E-state index in [4.69, 9.17) is 0 Å². The first kappa shape index (κ1) is 13.2. The van der Waals surface area contributed by atoms with E-state index in [1.807, 2.05) is 49.4 Å². The van der Waals surface area contributed by atoms with Crippen molar-refractivity contribution >= 4 is 27.4 Å². The largest absolute Gasteiger partial charge is 0.294 e. The molecule has 0 aliphatic carbocycles. The molecule has 18 heavy (non-hydrogen) atoms. The zero-order valence-electron chi connectivity index (χ0n) is 10.1. The summed E-state index contributed by atoms with van der Waals surface area (Å²) in [5.74, 6) is 0.201. The first-order valence-electron chi connectivity index (χ1n) is 5.83. The molecule has 0 aliphatic rings. The Morgan fingerprint density at radius 1 is 0.944 bits per heavy atom. The van der Waals surface area contributed by atoms with Crippen LogP contribution in [0.5, 0.6) is 0 Å². The molecule has 2 aromatic rings. The highest BCUT2D eigenvalue weighted by Gasteiger charge is 2.09. The van der Waals surface area contributed by atoms with Gasteiger partial charge < -0.3 is 0 Å². The monoisotopic (exact) mass is 274 g/mol. The molecule has 0 radical (unpaired) electrons. The quantitative estimate of drug-likeness (QED) is 0.559. The minimum atomic E-state index is 0.201. The van der Waals surface area contributed by atoms with Crippen molar-refractivity contribution in [1.82, 2.24) is 0 Å². The van der Waals surface area contributed by atoms with Crippen molar-refractivity contribution in [3.63, 3.8) is 0 Å². The summed E-state index contributed by atoms with van der Waals surface area (Å²) in [5, 5.41) is 0. The Morgan fingerprint density at radius 2 is 1.61 bits per heavy atom. The lowest BCUT2D eigenvalue weighted by atomic mass is 10.1. The third kappa shape index (κ3) is 3.40. The van der Waals surface area contributed by atoms with E-state index < -0.39 is 0 Å². The van der Waals surface area contributed by atoms with Crippen LogP contribution in [0.25, 0.3) is 0 Å². The van der Waals surface area contributed by atoms with Crippen molar-refractivity contribution in [3.05, 3.63) is 60.2 Å². The second-order valence-electron chi connectivity index (χ2n) is 3.75. The number of hydrogen-bond acceptors (Lipinski definition) is 3. The van der Waals surface area contributed by atoms with Gasteiger partial charge in [0.25, 0.3) is 0 Å². The van der Waals surface area contributed by atoms with E-state index in [1.165, 1.54) is 4.90 Å². The van der Waals surface area contributed by atoms with Gasteiger partial charge >= 0.3 is 0 Å². The predicted octanol–water partition coefficient (Wildman–Crippen LogP) is 5.08. The SMILES string of the molecule is CCC(=O)c1ccccc1SSc1ccccc1. The summed E-state index contributed by atoms with van der Waals surface area (Å²) in [6.45, 7) is 1.90. The van der Waals surface area contributed by atoms with Crippen LogP contribution in [0.3, 0.4) is 0 Å². The fraction of sp³-hybridized carbons (Fsp3) is 0.133. The molecule has 0 heterocycles. The molecule has 0 fully saturated rings. The van der Waals surface area contributed by atoms with Gasteiger partial charge in [0.2, 0.25) is 0 Å². The Hall–Kier alpha value is -1.19. The maximum Gasteiger partial charge on any atom is 0.163 e. The van der Waals surface area contributed by atoms with Gasteiger partial charge in [-0.25, -0.2) is 0 Å². The van der Waals surface area contributed by atoms with Gasteiger partial charge in [-0.3, -0.25) is 4.79 Å². The summed E-state index contributed by atoms with van der Waals surface area (Å²) in [7, 11) is 3.32. The zero-order valence-corrected chi connectivity index (χ0v) is 11.8. The lowest BCUT2D eigenvalue weighted by Gasteiger charge is -2.06. The molecular weight excluding hydrogens is 260 g/mol. The summed E-state index contributed by atoms with van der Waals surface area (Å²) < 4.78 is 0.